The summed E-state index contributed by atoms with van der Waals surface area (Å²) in [6.45, 7) is 2.92. The van der Waals surface area contributed by atoms with Crippen molar-refractivity contribution in [2.24, 2.45) is 0 Å². The third-order valence-corrected chi connectivity index (χ3v) is 5.91. The fraction of sp³-hybridized carbons (Fsp3) is 0.533. The van der Waals surface area contributed by atoms with Crippen molar-refractivity contribution in [2.75, 3.05) is 27.2 Å². The van der Waals surface area contributed by atoms with E-state index in [-0.39, 0.29) is 16.7 Å². The second-order valence-corrected chi connectivity index (χ2v) is 7.69. The summed E-state index contributed by atoms with van der Waals surface area (Å²) in [7, 11) is 0.0700. The van der Waals surface area contributed by atoms with Gasteiger partial charge in [0.2, 0.25) is 10.0 Å². The first-order valence-electron chi connectivity index (χ1n) is 7.10. The molecule has 1 aromatic carbocycles. The van der Waals surface area contributed by atoms with E-state index in [0.29, 0.717) is 12.1 Å². The van der Waals surface area contributed by atoms with Crippen molar-refractivity contribution >= 4 is 15.8 Å². The molecule has 0 N–H and O–H groups in total. The average molecular weight is 310 g/mol. The minimum atomic E-state index is -3.55. The smallest absolute Gasteiger partial charge is 0.242 e. The lowest BCUT2D eigenvalue weighted by Gasteiger charge is -2.25. The number of likely N-dealkylation sites (tertiary alicyclic amines) is 1. The molecule has 1 unspecified atom stereocenters. The maximum atomic E-state index is 12.6. The van der Waals surface area contributed by atoms with Gasteiger partial charge in [-0.2, -0.15) is 4.31 Å². The summed E-state index contributed by atoms with van der Waals surface area (Å²) in [5.41, 5.74) is 0.419. The van der Waals surface area contributed by atoms with Gasteiger partial charge in [0, 0.05) is 25.2 Å². The highest BCUT2D eigenvalue weighted by atomic mass is 32.2. The Morgan fingerprint density at radius 3 is 2.71 bits per heavy atom. The van der Waals surface area contributed by atoms with Crippen LogP contribution in [0, 0.1) is 0 Å². The minimum absolute atomic E-state index is 0.134. The number of rotatable bonds is 5. The van der Waals surface area contributed by atoms with Crippen LogP contribution in [0.3, 0.4) is 0 Å². The average Bonchev–Trinajstić information content (AvgIpc) is 2.84. The summed E-state index contributed by atoms with van der Waals surface area (Å²) in [6.07, 6.45) is 2.12. The fourth-order valence-electron chi connectivity index (χ4n) is 2.66. The van der Waals surface area contributed by atoms with Crippen LogP contribution < -0.4 is 0 Å². The molecule has 1 saturated heterocycles. The van der Waals surface area contributed by atoms with Gasteiger partial charge in [-0.05, 0) is 45.5 Å². The lowest BCUT2D eigenvalue weighted by atomic mass is 10.2. The molecule has 5 nitrogen and oxygen atoms in total. The second kappa shape index (κ2) is 6.25. The summed E-state index contributed by atoms with van der Waals surface area (Å²) < 4.78 is 26.6. The number of benzene rings is 1. The Morgan fingerprint density at radius 2 is 2.14 bits per heavy atom. The Labute approximate surface area is 126 Å². The highest BCUT2D eigenvalue weighted by Crippen LogP contribution is 2.20. The van der Waals surface area contributed by atoms with Crippen LogP contribution in [-0.2, 0) is 10.0 Å². The van der Waals surface area contributed by atoms with Crippen molar-refractivity contribution in [1.29, 1.82) is 0 Å². The minimum Gasteiger partial charge on any atom is -0.302 e. The Balaban J connectivity index is 2.20. The van der Waals surface area contributed by atoms with Gasteiger partial charge < -0.3 is 4.90 Å². The molecule has 116 valence electrons. The predicted octanol–water partition coefficient (Wildman–Crippen LogP) is 1.60. The first kappa shape index (κ1) is 16.1. The van der Waals surface area contributed by atoms with Gasteiger partial charge in [0.25, 0.3) is 0 Å². The standard InChI is InChI=1S/C15H22N2O3S/c1-12(18)13-6-4-8-15(10-13)21(19,20)17(3)11-14-7-5-9-16(14)2/h4,6,8,10,14H,5,7,9,11H2,1-3H3. The zero-order chi connectivity index (χ0) is 15.6. The van der Waals surface area contributed by atoms with Crippen LogP contribution in [0.25, 0.3) is 0 Å². The SMILES string of the molecule is CC(=O)c1cccc(S(=O)(=O)N(C)CC2CCCN2C)c1. The number of nitrogens with zero attached hydrogens (tertiary/aromatic N) is 2. The highest BCUT2D eigenvalue weighted by Gasteiger charge is 2.28. The van der Waals surface area contributed by atoms with E-state index in [1.54, 1.807) is 19.2 Å². The van der Waals surface area contributed by atoms with Gasteiger partial charge in [0.1, 0.15) is 0 Å². The van der Waals surface area contributed by atoms with E-state index >= 15 is 0 Å². The van der Waals surface area contributed by atoms with E-state index in [4.69, 9.17) is 0 Å². The molecule has 1 aliphatic heterocycles. The number of hydrogen-bond acceptors (Lipinski definition) is 4. The predicted molar refractivity (Wildman–Crippen MR) is 81.9 cm³/mol. The van der Waals surface area contributed by atoms with Gasteiger partial charge in [-0.3, -0.25) is 4.79 Å². The molecule has 0 aromatic heterocycles. The third-order valence-electron chi connectivity index (χ3n) is 4.09. The number of carbonyl (C=O) groups is 1. The summed E-state index contributed by atoms with van der Waals surface area (Å²) in [5.74, 6) is -0.134. The van der Waals surface area contributed by atoms with E-state index in [9.17, 15) is 13.2 Å². The molecule has 0 amide bonds. The quantitative estimate of drug-likeness (QED) is 0.775. The number of carbonyl (C=O) groups excluding carboxylic acids is 1. The number of ketones is 1. The fourth-order valence-corrected chi connectivity index (χ4v) is 3.91. The molecular weight excluding hydrogens is 288 g/mol. The van der Waals surface area contributed by atoms with Crippen molar-refractivity contribution in [1.82, 2.24) is 9.21 Å². The zero-order valence-corrected chi connectivity index (χ0v) is 13.6. The van der Waals surface area contributed by atoms with Crippen LogP contribution in [0.2, 0.25) is 0 Å². The van der Waals surface area contributed by atoms with Crippen LogP contribution >= 0.6 is 0 Å². The van der Waals surface area contributed by atoms with Crippen molar-refractivity contribution in [2.45, 2.75) is 30.7 Å². The third kappa shape index (κ3) is 3.51. The maximum absolute atomic E-state index is 12.6. The van der Waals surface area contributed by atoms with Crippen LogP contribution in [0.15, 0.2) is 29.2 Å². The molecule has 0 spiro atoms. The van der Waals surface area contributed by atoms with E-state index in [1.807, 2.05) is 7.05 Å². The summed E-state index contributed by atoms with van der Waals surface area (Å²) >= 11 is 0. The van der Waals surface area contributed by atoms with Crippen molar-refractivity contribution in [3.63, 3.8) is 0 Å². The van der Waals surface area contributed by atoms with Gasteiger partial charge in [0.15, 0.2) is 5.78 Å². The molecule has 0 aliphatic carbocycles. The van der Waals surface area contributed by atoms with E-state index in [2.05, 4.69) is 4.90 Å². The van der Waals surface area contributed by atoms with Gasteiger partial charge in [-0.25, -0.2) is 8.42 Å². The Bertz CT molecular complexity index is 628. The molecule has 1 aromatic rings. The number of hydrogen-bond donors (Lipinski definition) is 0. The first-order chi connectivity index (χ1) is 9.82. The highest BCUT2D eigenvalue weighted by molar-refractivity contribution is 7.89. The maximum Gasteiger partial charge on any atom is 0.242 e. The van der Waals surface area contributed by atoms with Crippen LogP contribution in [-0.4, -0.2) is 56.6 Å². The number of sulfonamides is 1. The summed E-state index contributed by atoms with van der Waals surface area (Å²) in [4.78, 5) is 13.8. The molecule has 1 heterocycles. The van der Waals surface area contributed by atoms with Crippen LogP contribution in [0.1, 0.15) is 30.1 Å². The number of likely N-dealkylation sites (N-methyl/N-ethyl adjacent to an activating group) is 2. The molecule has 1 fully saturated rings. The molecule has 2 rings (SSSR count). The summed E-state index contributed by atoms with van der Waals surface area (Å²) in [6, 6.07) is 6.50. The molecule has 1 aliphatic rings. The first-order valence-corrected chi connectivity index (χ1v) is 8.54. The molecule has 0 saturated carbocycles. The largest absolute Gasteiger partial charge is 0.302 e. The normalized spacial score (nSPS) is 20.1. The van der Waals surface area contributed by atoms with E-state index in [0.717, 1.165) is 19.4 Å². The molecule has 1 atom stereocenters. The van der Waals surface area contributed by atoms with Gasteiger partial charge in [0.05, 0.1) is 4.90 Å². The number of Topliss-reactive ketones (excluding diaryl/α,β-unsaturated/α-hetero) is 1. The van der Waals surface area contributed by atoms with Crippen molar-refractivity contribution in [3.05, 3.63) is 29.8 Å². The molecule has 21 heavy (non-hydrogen) atoms. The zero-order valence-electron chi connectivity index (χ0n) is 12.7. The Morgan fingerprint density at radius 1 is 1.43 bits per heavy atom. The molecular formula is C15H22N2O3S. The summed E-state index contributed by atoms with van der Waals surface area (Å²) in [5, 5.41) is 0. The lowest BCUT2D eigenvalue weighted by molar-refractivity contribution is 0.101. The molecule has 6 heteroatoms. The van der Waals surface area contributed by atoms with Crippen LogP contribution in [0.5, 0.6) is 0 Å². The molecule has 0 radical (unpaired) electrons. The van der Waals surface area contributed by atoms with E-state index in [1.165, 1.54) is 23.4 Å². The van der Waals surface area contributed by atoms with Crippen LogP contribution in [0.4, 0.5) is 0 Å². The van der Waals surface area contributed by atoms with E-state index < -0.39 is 10.0 Å². The van der Waals surface area contributed by atoms with Crippen molar-refractivity contribution < 1.29 is 13.2 Å². The second-order valence-electron chi connectivity index (χ2n) is 5.65. The lowest BCUT2D eigenvalue weighted by Crippen LogP contribution is -2.39. The van der Waals surface area contributed by atoms with Gasteiger partial charge in [-0.1, -0.05) is 12.1 Å². The van der Waals surface area contributed by atoms with Gasteiger partial charge in [-0.15, -0.1) is 0 Å². The topological polar surface area (TPSA) is 57.7 Å². The van der Waals surface area contributed by atoms with Gasteiger partial charge >= 0.3 is 0 Å². The Hall–Kier alpha value is -1.24. The Kier molecular flexibility index (Phi) is 4.81. The monoisotopic (exact) mass is 310 g/mol. The van der Waals surface area contributed by atoms with Crippen molar-refractivity contribution in [3.8, 4) is 0 Å². The molecule has 0 bridgehead atoms.